The summed E-state index contributed by atoms with van der Waals surface area (Å²) in [5, 5.41) is 11.1. The Morgan fingerprint density at radius 2 is 1.75 bits per heavy atom. The van der Waals surface area contributed by atoms with E-state index in [0.29, 0.717) is 0 Å². The van der Waals surface area contributed by atoms with Gasteiger partial charge in [0.15, 0.2) is 11.3 Å². The third-order valence-electron chi connectivity index (χ3n) is 2.31. The topological polar surface area (TPSA) is 109 Å². The maximum absolute atomic E-state index is 11.6. The molecule has 0 saturated heterocycles. The fourth-order valence-corrected chi connectivity index (χ4v) is 1.13. The summed E-state index contributed by atoms with van der Waals surface area (Å²) in [6.07, 6.45) is 0. The molecule has 0 aliphatic rings. The summed E-state index contributed by atoms with van der Waals surface area (Å²) < 4.78 is 0. The number of hydrogen-bond acceptors (Lipinski definition) is 4. The van der Waals surface area contributed by atoms with Crippen LogP contribution in [0.25, 0.3) is 0 Å². The molecule has 1 amide bonds. The number of nitrogens with one attached hydrogen (secondary N) is 1. The molecule has 0 aromatic carbocycles. The largest absolute Gasteiger partial charge is 0.479 e. The second-order valence-electron chi connectivity index (χ2n) is 4.31. The molecule has 6 nitrogen and oxygen atoms in total. The highest BCUT2D eigenvalue weighted by Gasteiger charge is 2.38. The average molecular weight is 230 g/mol. The lowest BCUT2D eigenvalue weighted by Crippen LogP contribution is -2.60. The van der Waals surface area contributed by atoms with E-state index >= 15 is 0 Å². The van der Waals surface area contributed by atoms with E-state index in [2.05, 4.69) is 5.32 Å². The normalized spacial score (nSPS) is 16.4. The Bertz CT molecular complexity index is 310. The van der Waals surface area contributed by atoms with Gasteiger partial charge in [-0.2, -0.15) is 0 Å². The van der Waals surface area contributed by atoms with Crippen LogP contribution in [0.5, 0.6) is 0 Å². The van der Waals surface area contributed by atoms with Crippen molar-refractivity contribution in [3.63, 3.8) is 0 Å². The molecule has 0 fully saturated rings. The van der Waals surface area contributed by atoms with Crippen molar-refractivity contribution in [1.82, 2.24) is 5.32 Å². The first kappa shape index (κ1) is 14.6. The van der Waals surface area contributed by atoms with Crippen LogP contribution in [0.1, 0.15) is 27.7 Å². The molecule has 2 unspecified atom stereocenters. The van der Waals surface area contributed by atoms with Crippen molar-refractivity contribution in [3.8, 4) is 0 Å². The highest BCUT2D eigenvalue weighted by molar-refractivity contribution is 6.07. The zero-order valence-electron chi connectivity index (χ0n) is 9.90. The minimum Gasteiger partial charge on any atom is -0.479 e. The number of Topliss-reactive ketones (excluding diaryl/α,β-unsaturated/α-hetero) is 1. The monoisotopic (exact) mass is 230 g/mol. The molecule has 0 aliphatic carbocycles. The van der Waals surface area contributed by atoms with E-state index in [4.69, 9.17) is 10.8 Å². The summed E-state index contributed by atoms with van der Waals surface area (Å²) in [6.45, 7) is 5.92. The third kappa shape index (κ3) is 3.30. The van der Waals surface area contributed by atoms with Crippen molar-refractivity contribution in [2.24, 2.45) is 11.7 Å². The summed E-state index contributed by atoms with van der Waals surface area (Å²) >= 11 is 0. The molecular weight excluding hydrogens is 212 g/mol. The second kappa shape index (κ2) is 5.07. The van der Waals surface area contributed by atoms with Crippen LogP contribution in [0.2, 0.25) is 0 Å². The van der Waals surface area contributed by atoms with Crippen LogP contribution in [-0.4, -0.2) is 34.3 Å². The zero-order chi connectivity index (χ0) is 13.1. The zero-order valence-corrected chi connectivity index (χ0v) is 9.90. The van der Waals surface area contributed by atoms with Gasteiger partial charge in [0.1, 0.15) is 0 Å². The van der Waals surface area contributed by atoms with Gasteiger partial charge in [-0.25, -0.2) is 4.79 Å². The molecule has 0 heterocycles. The Morgan fingerprint density at radius 3 is 2.00 bits per heavy atom. The summed E-state index contributed by atoms with van der Waals surface area (Å²) in [7, 11) is 0. The quantitative estimate of drug-likeness (QED) is 0.552. The van der Waals surface area contributed by atoms with E-state index in [1.165, 1.54) is 6.92 Å². The highest BCUT2D eigenvalue weighted by Crippen LogP contribution is 2.06. The minimum absolute atomic E-state index is 0.119. The Labute approximate surface area is 94.2 Å². The van der Waals surface area contributed by atoms with Gasteiger partial charge in [0.05, 0.1) is 6.04 Å². The molecular formula is C10H18N2O4. The summed E-state index contributed by atoms with van der Waals surface area (Å²) in [5.74, 6) is -2.65. The minimum atomic E-state index is -2.03. The molecule has 2 atom stereocenters. The van der Waals surface area contributed by atoms with Gasteiger partial charge in [-0.05, 0) is 19.8 Å². The number of nitrogens with two attached hydrogens (primary N) is 1. The molecule has 0 aliphatic heterocycles. The Kier molecular flexibility index (Phi) is 4.61. The van der Waals surface area contributed by atoms with Gasteiger partial charge in [0, 0.05) is 0 Å². The number of carbonyl (C=O) groups is 3. The Hall–Kier alpha value is -1.43. The van der Waals surface area contributed by atoms with Gasteiger partial charge < -0.3 is 16.2 Å². The molecule has 0 bridgehead atoms. The first-order valence-electron chi connectivity index (χ1n) is 4.94. The van der Waals surface area contributed by atoms with Crippen molar-refractivity contribution in [2.45, 2.75) is 39.3 Å². The highest BCUT2D eigenvalue weighted by atomic mass is 16.4. The molecule has 0 aromatic heterocycles. The van der Waals surface area contributed by atoms with Crippen LogP contribution < -0.4 is 11.1 Å². The molecule has 92 valence electrons. The maximum atomic E-state index is 11.6. The predicted molar refractivity (Wildman–Crippen MR) is 57.7 cm³/mol. The van der Waals surface area contributed by atoms with E-state index in [0.717, 1.165) is 6.92 Å². The van der Waals surface area contributed by atoms with Gasteiger partial charge in [-0.3, -0.25) is 9.59 Å². The maximum Gasteiger partial charge on any atom is 0.333 e. The van der Waals surface area contributed by atoms with Gasteiger partial charge in [0.2, 0.25) is 0 Å². The van der Waals surface area contributed by atoms with Gasteiger partial charge in [-0.15, -0.1) is 0 Å². The smallest absolute Gasteiger partial charge is 0.333 e. The van der Waals surface area contributed by atoms with Crippen molar-refractivity contribution in [3.05, 3.63) is 0 Å². The number of ketones is 1. The van der Waals surface area contributed by atoms with Gasteiger partial charge in [-0.1, -0.05) is 13.8 Å². The van der Waals surface area contributed by atoms with E-state index in [-0.39, 0.29) is 11.7 Å². The second-order valence-corrected chi connectivity index (χ2v) is 4.31. The lowest BCUT2D eigenvalue weighted by molar-refractivity contribution is -0.149. The molecule has 0 rings (SSSR count). The van der Waals surface area contributed by atoms with Crippen molar-refractivity contribution in [1.29, 1.82) is 0 Å². The third-order valence-corrected chi connectivity index (χ3v) is 2.31. The molecule has 6 heteroatoms. The van der Waals surface area contributed by atoms with E-state index in [1.54, 1.807) is 13.8 Å². The van der Waals surface area contributed by atoms with Crippen LogP contribution in [0.15, 0.2) is 0 Å². The standard InChI is InChI=1S/C10H18N2O4/c1-5(2)7(6(3)13)12-8(14)10(4,11)9(15)16/h5,7H,11H2,1-4H3,(H,12,14)(H,15,16). The summed E-state index contributed by atoms with van der Waals surface area (Å²) in [4.78, 5) is 33.5. The molecule has 0 saturated carbocycles. The van der Waals surface area contributed by atoms with E-state index in [9.17, 15) is 14.4 Å². The van der Waals surface area contributed by atoms with E-state index < -0.39 is 23.5 Å². The number of carboxylic acid groups (broad SMARTS) is 1. The number of rotatable bonds is 5. The van der Waals surface area contributed by atoms with Crippen LogP contribution in [0.3, 0.4) is 0 Å². The molecule has 0 spiro atoms. The van der Waals surface area contributed by atoms with Crippen LogP contribution in [-0.2, 0) is 14.4 Å². The Morgan fingerprint density at radius 1 is 1.31 bits per heavy atom. The number of hydrogen-bond donors (Lipinski definition) is 3. The van der Waals surface area contributed by atoms with Crippen LogP contribution in [0, 0.1) is 5.92 Å². The Balaban J connectivity index is 4.78. The predicted octanol–water partition coefficient (Wildman–Crippen LogP) is -0.482. The van der Waals surface area contributed by atoms with Crippen LogP contribution in [0.4, 0.5) is 0 Å². The molecule has 4 N–H and O–H groups in total. The fourth-order valence-electron chi connectivity index (χ4n) is 1.13. The lowest BCUT2D eigenvalue weighted by Gasteiger charge is -2.24. The lowest BCUT2D eigenvalue weighted by atomic mass is 9.97. The number of carbonyl (C=O) groups excluding carboxylic acids is 2. The molecule has 16 heavy (non-hydrogen) atoms. The van der Waals surface area contributed by atoms with Gasteiger partial charge >= 0.3 is 5.97 Å². The number of carboxylic acids is 1. The molecule has 0 radical (unpaired) electrons. The molecule has 0 aromatic rings. The summed E-state index contributed by atoms with van der Waals surface area (Å²) in [5.41, 5.74) is 3.30. The fraction of sp³-hybridized carbons (Fsp3) is 0.700. The first-order chi connectivity index (χ1) is 7.10. The first-order valence-corrected chi connectivity index (χ1v) is 4.94. The van der Waals surface area contributed by atoms with Gasteiger partial charge in [0.25, 0.3) is 5.91 Å². The van der Waals surface area contributed by atoms with Crippen molar-refractivity contribution in [2.75, 3.05) is 0 Å². The van der Waals surface area contributed by atoms with Crippen molar-refractivity contribution < 1.29 is 19.5 Å². The average Bonchev–Trinajstić information content (AvgIpc) is 2.11. The van der Waals surface area contributed by atoms with Crippen molar-refractivity contribution >= 4 is 17.7 Å². The van der Waals surface area contributed by atoms with E-state index in [1.807, 2.05) is 0 Å². The van der Waals surface area contributed by atoms with Crippen LogP contribution >= 0.6 is 0 Å². The number of amides is 1. The summed E-state index contributed by atoms with van der Waals surface area (Å²) in [6, 6.07) is -0.713. The SMILES string of the molecule is CC(=O)C(NC(=O)C(C)(N)C(=O)O)C(C)C. The number of aliphatic carboxylic acids is 1.